The Balaban J connectivity index is 1.36. The van der Waals surface area contributed by atoms with Crippen molar-refractivity contribution in [1.29, 1.82) is 0 Å². The number of hydrogen-bond acceptors (Lipinski definition) is 4. The number of benzene rings is 1. The SMILES string of the molecule is c1cc2cc(CCOCCN3CCNCC3)ccc2s1. The second-order valence-corrected chi connectivity index (χ2v) is 6.19. The maximum Gasteiger partial charge on any atom is 0.0593 e. The Hall–Kier alpha value is -0.940. The Morgan fingerprint density at radius 3 is 2.95 bits per heavy atom. The number of piperazine rings is 1. The molecule has 0 unspecified atom stereocenters. The van der Waals surface area contributed by atoms with Crippen molar-refractivity contribution in [2.24, 2.45) is 0 Å². The van der Waals surface area contributed by atoms with Crippen molar-refractivity contribution in [3.05, 3.63) is 35.2 Å². The molecule has 1 aliphatic heterocycles. The molecule has 20 heavy (non-hydrogen) atoms. The molecule has 2 heterocycles. The lowest BCUT2D eigenvalue weighted by Gasteiger charge is -2.26. The van der Waals surface area contributed by atoms with Crippen LogP contribution in [-0.2, 0) is 11.2 Å². The molecule has 1 aliphatic rings. The van der Waals surface area contributed by atoms with Crippen LogP contribution in [0, 0.1) is 0 Å². The van der Waals surface area contributed by atoms with Gasteiger partial charge < -0.3 is 10.1 Å². The van der Waals surface area contributed by atoms with E-state index in [2.05, 4.69) is 39.9 Å². The Morgan fingerprint density at radius 2 is 2.05 bits per heavy atom. The van der Waals surface area contributed by atoms with E-state index in [9.17, 15) is 0 Å². The first-order valence-corrected chi connectivity index (χ1v) is 8.27. The molecule has 1 aromatic heterocycles. The van der Waals surface area contributed by atoms with E-state index < -0.39 is 0 Å². The molecule has 108 valence electrons. The maximum absolute atomic E-state index is 5.77. The van der Waals surface area contributed by atoms with Gasteiger partial charge in [-0.05, 0) is 34.9 Å². The lowest BCUT2D eigenvalue weighted by atomic mass is 10.1. The van der Waals surface area contributed by atoms with Crippen LogP contribution in [0.5, 0.6) is 0 Å². The minimum Gasteiger partial charge on any atom is -0.380 e. The van der Waals surface area contributed by atoms with Crippen LogP contribution in [0.2, 0.25) is 0 Å². The van der Waals surface area contributed by atoms with Gasteiger partial charge >= 0.3 is 0 Å². The fraction of sp³-hybridized carbons (Fsp3) is 0.500. The minimum absolute atomic E-state index is 0.821. The molecule has 1 saturated heterocycles. The molecule has 0 saturated carbocycles. The van der Waals surface area contributed by atoms with Gasteiger partial charge in [-0.15, -0.1) is 11.3 Å². The standard InChI is InChI=1S/C16H22N2OS/c1-2-16-15(4-12-20-16)13-14(1)3-10-19-11-9-18-7-5-17-6-8-18/h1-2,4,12-13,17H,3,5-11H2. The zero-order valence-electron chi connectivity index (χ0n) is 11.8. The van der Waals surface area contributed by atoms with E-state index in [1.165, 1.54) is 15.6 Å². The van der Waals surface area contributed by atoms with Gasteiger partial charge in [0, 0.05) is 37.4 Å². The third-order valence-electron chi connectivity index (χ3n) is 3.81. The third kappa shape index (κ3) is 3.79. The van der Waals surface area contributed by atoms with Crippen LogP contribution in [0.4, 0.5) is 0 Å². The largest absolute Gasteiger partial charge is 0.380 e. The molecule has 0 bridgehead atoms. The van der Waals surface area contributed by atoms with Crippen LogP contribution >= 0.6 is 11.3 Å². The monoisotopic (exact) mass is 290 g/mol. The number of ether oxygens (including phenoxy) is 1. The summed E-state index contributed by atoms with van der Waals surface area (Å²) in [5.74, 6) is 0. The van der Waals surface area contributed by atoms with Crippen LogP contribution < -0.4 is 5.32 Å². The van der Waals surface area contributed by atoms with Crippen LogP contribution in [0.3, 0.4) is 0 Å². The van der Waals surface area contributed by atoms with Crippen molar-refractivity contribution < 1.29 is 4.74 Å². The Labute approximate surface area is 124 Å². The van der Waals surface area contributed by atoms with Gasteiger partial charge in [0.1, 0.15) is 0 Å². The molecule has 3 rings (SSSR count). The van der Waals surface area contributed by atoms with Gasteiger partial charge in [-0.3, -0.25) is 4.90 Å². The molecule has 0 atom stereocenters. The Bertz CT molecular complexity index is 534. The van der Waals surface area contributed by atoms with Crippen molar-refractivity contribution in [3.8, 4) is 0 Å². The smallest absolute Gasteiger partial charge is 0.0593 e. The minimum atomic E-state index is 0.821. The lowest BCUT2D eigenvalue weighted by Crippen LogP contribution is -2.44. The fourth-order valence-corrected chi connectivity index (χ4v) is 3.36. The summed E-state index contributed by atoms with van der Waals surface area (Å²) in [5.41, 5.74) is 1.37. The predicted octanol–water partition coefficient (Wildman–Crippen LogP) is 2.37. The van der Waals surface area contributed by atoms with Gasteiger partial charge in [0.2, 0.25) is 0 Å². The quantitative estimate of drug-likeness (QED) is 0.827. The second-order valence-electron chi connectivity index (χ2n) is 5.25. The highest BCUT2D eigenvalue weighted by atomic mass is 32.1. The van der Waals surface area contributed by atoms with E-state index in [4.69, 9.17) is 4.74 Å². The summed E-state index contributed by atoms with van der Waals surface area (Å²) in [4.78, 5) is 2.47. The van der Waals surface area contributed by atoms with Crippen molar-refractivity contribution in [2.75, 3.05) is 45.9 Å². The molecular weight excluding hydrogens is 268 g/mol. The van der Waals surface area contributed by atoms with Crippen molar-refractivity contribution in [1.82, 2.24) is 10.2 Å². The molecule has 0 spiro atoms. The van der Waals surface area contributed by atoms with E-state index >= 15 is 0 Å². The third-order valence-corrected chi connectivity index (χ3v) is 4.71. The number of rotatable bonds is 6. The molecule has 3 nitrogen and oxygen atoms in total. The van der Waals surface area contributed by atoms with Crippen LogP contribution in [0.25, 0.3) is 10.1 Å². The van der Waals surface area contributed by atoms with E-state index in [-0.39, 0.29) is 0 Å². The predicted molar refractivity (Wildman–Crippen MR) is 85.7 cm³/mol. The van der Waals surface area contributed by atoms with Crippen LogP contribution in [0.1, 0.15) is 5.56 Å². The van der Waals surface area contributed by atoms with E-state index in [1.807, 2.05) is 0 Å². The highest BCUT2D eigenvalue weighted by Gasteiger charge is 2.08. The highest BCUT2D eigenvalue weighted by Crippen LogP contribution is 2.21. The van der Waals surface area contributed by atoms with Gasteiger partial charge in [0.25, 0.3) is 0 Å². The molecule has 2 aromatic rings. The summed E-state index contributed by atoms with van der Waals surface area (Å²) in [6, 6.07) is 8.91. The van der Waals surface area contributed by atoms with E-state index in [0.717, 1.165) is 52.4 Å². The number of nitrogens with one attached hydrogen (secondary N) is 1. The molecule has 0 amide bonds. The summed E-state index contributed by atoms with van der Waals surface area (Å²) in [7, 11) is 0. The summed E-state index contributed by atoms with van der Waals surface area (Å²) >= 11 is 1.80. The van der Waals surface area contributed by atoms with Gasteiger partial charge in [-0.2, -0.15) is 0 Å². The summed E-state index contributed by atoms with van der Waals surface area (Å²) in [5, 5.41) is 6.87. The Kier molecular flexibility index (Phi) is 5.03. The molecule has 1 aromatic carbocycles. The van der Waals surface area contributed by atoms with Crippen molar-refractivity contribution in [3.63, 3.8) is 0 Å². The topological polar surface area (TPSA) is 24.5 Å². The number of hydrogen-bond donors (Lipinski definition) is 1. The zero-order chi connectivity index (χ0) is 13.6. The molecule has 1 N–H and O–H groups in total. The van der Waals surface area contributed by atoms with Crippen molar-refractivity contribution in [2.45, 2.75) is 6.42 Å². The zero-order valence-corrected chi connectivity index (χ0v) is 12.6. The van der Waals surface area contributed by atoms with Crippen LogP contribution in [-0.4, -0.2) is 50.8 Å². The van der Waals surface area contributed by atoms with Gasteiger partial charge in [-0.25, -0.2) is 0 Å². The first-order valence-electron chi connectivity index (χ1n) is 7.39. The number of fused-ring (bicyclic) bond motifs is 1. The van der Waals surface area contributed by atoms with Gasteiger partial charge in [-0.1, -0.05) is 12.1 Å². The van der Waals surface area contributed by atoms with Crippen LogP contribution in [0.15, 0.2) is 29.6 Å². The van der Waals surface area contributed by atoms with Crippen molar-refractivity contribution >= 4 is 21.4 Å². The second kappa shape index (κ2) is 7.18. The molecule has 0 radical (unpaired) electrons. The van der Waals surface area contributed by atoms with Gasteiger partial charge in [0.05, 0.1) is 13.2 Å². The van der Waals surface area contributed by atoms with E-state index in [0.29, 0.717) is 0 Å². The summed E-state index contributed by atoms with van der Waals surface area (Å²) < 4.78 is 7.14. The molecular formula is C16H22N2OS. The lowest BCUT2D eigenvalue weighted by molar-refractivity contribution is 0.101. The maximum atomic E-state index is 5.77. The van der Waals surface area contributed by atoms with Gasteiger partial charge in [0.15, 0.2) is 0 Å². The molecule has 0 aliphatic carbocycles. The average molecular weight is 290 g/mol. The van der Waals surface area contributed by atoms with E-state index in [1.54, 1.807) is 11.3 Å². The Morgan fingerprint density at radius 1 is 1.15 bits per heavy atom. The fourth-order valence-electron chi connectivity index (χ4n) is 2.59. The first kappa shape index (κ1) is 14.0. The summed E-state index contributed by atoms with van der Waals surface area (Å²) in [6.07, 6.45) is 1.01. The normalized spacial score (nSPS) is 16.8. The average Bonchev–Trinajstić information content (AvgIpc) is 2.95. The molecule has 1 fully saturated rings. The number of nitrogens with zero attached hydrogens (tertiary/aromatic N) is 1. The molecule has 4 heteroatoms. The highest BCUT2D eigenvalue weighted by molar-refractivity contribution is 7.17. The number of thiophene rings is 1. The summed E-state index contributed by atoms with van der Waals surface area (Å²) in [6.45, 7) is 7.26. The first-order chi connectivity index (χ1) is 9.92.